The van der Waals surface area contributed by atoms with Crippen molar-refractivity contribution in [1.82, 2.24) is 0 Å². The van der Waals surface area contributed by atoms with E-state index in [1.807, 2.05) is 6.07 Å². The molecule has 8 heteroatoms. The number of hydrogen-bond acceptors (Lipinski definition) is 8. The summed E-state index contributed by atoms with van der Waals surface area (Å²) in [5.41, 5.74) is 7.76. The van der Waals surface area contributed by atoms with Crippen LogP contribution in [0.2, 0.25) is 0 Å². The van der Waals surface area contributed by atoms with Crippen molar-refractivity contribution in [2.45, 2.75) is 5.92 Å². The summed E-state index contributed by atoms with van der Waals surface area (Å²) in [5, 5.41) is 9.72. The van der Waals surface area contributed by atoms with Gasteiger partial charge in [-0.3, -0.25) is 0 Å². The fraction of sp³-hybridized carbons (Fsp3) is 0.130. The highest BCUT2D eigenvalue weighted by atomic mass is 16.5. The van der Waals surface area contributed by atoms with Gasteiger partial charge in [0.2, 0.25) is 11.6 Å². The van der Waals surface area contributed by atoms with Crippen molar-refractivity contribution in [3.05, 3.63) is 83.1 Å². The number of nitrogens with two attached hydrogens (primary N) is 1. The van der Waals surface area contributed by atoms with Crippen molar-refractivity contribution in [1.29, 1.82) is 5.26 Å². The van der Waals surface area contributed by atoms with Gasteiger partial charge in [0.15, 0.2) is 11.5 Å². The Hall–Kier alpha value is -4.38. The quantitative estimate of drug-likeness (QED) is 0.492. The number of benzene rings is 2. The zero-order valence-corrected chi connectivity index (χ0v) is 16.7. The second kappa shape index (κ2) is 8.16. The highest BCUT2D eigenvalue weighted by Crippen LogP contribution is 2.45. The zero-order chi connectivity index (χ0) is 22.0. The minimum atomic E-state index is -0.640. The average Bonchev–Trinajstić information content (AvgIpc) is 3.32. The summed E-state index contributed by atoms with van der Waals surface area (Å²) in [4.78, 5) is 12.2. The van der Waals surface area contributed by atoms with Gasteiger partial charge in [0.1, 0.15) is 23.1 Å². The standard InChI is InChI=1S/C23H18N2O6/c1-27-17-8-5-13(10-20(17)28-2)21-15-7-6-14(30-23(26)18-4-3-9-29-18)11-19(15)31-22(25)16(21)12-24/h3-11,21H,25H2,1-2H3/t21-/m0/s1. The molecule has 0 amide bonds. The molecule has 8 nitrogen and oxygen atoms in total. The lowest BCUT2D eigenvalue weighted by Crippen LogP contribution is -2.21. The lowest BCUT2D eigenvalue weighted by molar-refractivity contribution is 0.0701. The van der Waals surface area contributed by atoms with Crippen molar-refractivity contribution in [3.63, 3.8) is 0 Å². The maximum atomic E-state index is 12.2. The molecule has 0 spiro atoms. The van der Waals surface area contributed by atoms with E-state index < -0.39 is 11.9 Å². The molecule has 0 saturated carbocycles. The number of ether oxygens (including phenoxy) is 4. The van der Waals surface area contributed by atoms with Gasteiger partial charge in [0, 0.05) is 11.6 Å². The number of hydrogen-bond donors (Lipinski definition) is 1. The van der Waals surface area contributed by atoms with E-state index in [2.05, 4.69) is 6.07 Å². The summed E-state index contributed by atoms with van der Waals surface area (Å²) in [5.74, 6) is 0.627. The van der Waals surface area contributed by atoms with Gasteiger partial charge in [-0.05, 0) is 35.9 Å². The van der Waals surface area contributed by atoms with Gasteiger partial charge in [0.05, 0.1) is 26.4 Å². The van der Waals surface area contributed by atoms with Crippen LogP contribution in [0.25, 0.3) is 0 Å². The van der Waals surface area contributed by atoms with Gasteiger partial charge < -0.3 is 29.1 Å². The summed E-state index contributed by atoms with van der Waals surface area (Å²) in [6.07, 6.45) is 1.38. The number of carbonyl (C=O) groups excluding carboxylic acids is 1. The Labute approximate surface area is 178 Å². The Morgan fingerprint density at radius 3 is 2.58 bits per heavy atom. The number of fused-ring (bicyclic) bond motifs is 1. The summed E-state index contributed by atoms with van der Waals surface area (Å²) in [6, 6.07) is 15.5. The first-order chi connectivity index (χ1) is 15.0. The Balaban J connectivity index is 1.74. The lowest BCUT2D eigenvalue weighted by Gasteiger charge is -2.27. The number of rotatable bonds is 5. The second-order valence-electron chi connectivity index (χ2n) is 6.61. The highest BCUT2D eigenvalue weighted by molar-refractivity contribution is 5.88. The monoisotopic (exact) mass is 418 g/mol. The van der Waals surface area contributed by atoms with Crippen LogP contribution in [-0.2, 0) is 0 Å². The van der Waals surface area contributed by atoms with Gasteiger partial charge in [-0.2, -0.15) is 5.26 Å². The molecular formula is C23H18N2O6. The first kappa shape index (κ1) is 19.9. The number of nitrogens with zero attached hydrogens (tertiary/aromatic N) is 1. The van der Waals surface area contributed by atoms with E-state index in [1.54, 1.807) is 43.5 Å². The molecule has 2 N–H and O–H groups in total. The van der Waals surface area contributed by atoms with Crippen LogP contribution in [0.3, 0.4) is 0 Å². The topological polar surface area (TPSA) is 117 Å². The van der Waals surface area contributed by atoms with E-state index in [4.69, 9.17) is 29.1 Å². The third-order valence-corrected chi connectivity index (χ3v) is 4.86. The number of allylic oxidation sites excluding steroid dienone is 1. The third kappa shape index (κ3) is 3.65. The SMILES string of the molecule is COc1ccc([C@@H]2C(C#N)=C(N)Oc3cc(OC(=O)c4ccco4)ccc32)cc1OC. The van der Waals surface area contributed by atoms with Gasteiger partial charge >= 0.3 is 5.97 Å². The Bertz CT molecular complexity index is 1210. The molecule has 31 heavy (non-hydrogen) atoms. The van der Waals surface area contributed by atoms with Crippen LogP contribution >= 0.6 is 0 Å². The van der Waals surface area contributed by atoms with E-state index in [9.17, 15) is 10.1 Å². The molecule has 2 heterocycles. The number of methoxy groups -OCH3 is 2. The first-order valence-corrected chi connectivity index (χ1v) is 9.24. The van der Waals surface area contributed by atoms with Gasteiger partial charge in [-0.1, -0.05) is 12.1 Å². The fourth-order valence-electron chi connectivity index (χ4n) is 3.43. The Morgan fingerprint density at radius 1 is 1.10 bits per heavy atom. The molecule has 4 rings (SSSR count). The van der Waals surface area contributed by atoms with Crippen molar-refractivity contribution in [2.24, 2.45) is 5.73 Å². The molecule has 0 radical (unpaired) electrons. The number of nitriles is 1. The van der Waals surface area contributed by atoms with E-state index in [-0.39, 0.29) is 23.0 Å². The van der Waals surface area contributed by atoms with Crippen molar-refractivity contribution in [3.8, 4) is 29.1 Å². The summed E-state index contributed by atoms with van der Waals surface area (Å²) in [6.45, 7) is 0. The van der Waals surface area contributed by atoms with Crippen molar-refractivity contribution >= 4 is 5.97 Å². The third-order valence-electron chi connectivity index (χ3n) is 4.86. The predicted octanol–water partition coefficient (Wildman–Crippen LogP) is 3.73. The van der Waals surface area contributed by atoms with E-state index in [0.29, 0.717) is 22.8 Å². The molecular weight excluding hydrogens is 400 g/mol. The van der Waals surface area contributed by atoms with Crippen LogP contribution in [0.4, 0.5) is 0 Å². The molecule has 0 bridgehead atoms. The largest absolute Gasteiger partial charge is 0.493 e. The molecule has 1 aliphatic rings. The molecule has 2 aromatic carbocycles. The minimum Gasteiger partial charge on any atom is -0.493 e. The summed E-state index contributed by atoms with van der Waals surface area (Å²) < 4.78 is 26.8. The summed E-state index contributed by atoms with van der Waals surface area (Å²) in [7, 11) is 3.08. The molecule has 0 unspecified atom stereocenters. The average molecular weight is 418 g/mol. The van der Waals surface area contributed by atoms with Crippen LogP contribution in [0.1, 0.15) is 27.6 Å². The maximum Gasteiger partial charge on any atom is 0.379 e. The van der Waals surface area contributed by atoms with Crippen LogP contribution in [0, 0.1) is 11.3 Å². The predicted molar refractivity (Wildman–Crippen MR) is 109 cm³/mol. The first-order valence-electron chi connectivity index (χ1n) is 9.24. The highest BCUT2D eigenvalue weighted by Gasteiger charge is 2.31. The van der Waals surface area contributed by atoms with E-state index >= 15 is 0 Å². The van der Waals surface area contributed by atoms with Gasteiger partial charge in [0.25, 0.3) is 0 Å². The van der Waals surface area contributed by atoms with Crippen LogP contribution in [-0.4, -0.2) is 20.2 Å². The molecule has 1 aromatic heterocycles. The number of carbonyl (C=O) groups is 1. The van der Waals surface area contributed by atoms with Crippen LogP contribution in [0.5, 0.6) is 23.0 Å². The maximum absolute atomic E-state index is 12.2. The van der Waals surface area contributed by atoms with Crippen LogP contribution < -0.4 is 24.7 Å². The minimum absolute atomic E-state index is 0.0238. The second-order valence-corrected chi connectivity index (χ2v) is 6.61. The van der Waals surface area contributed by atoms with Crippen LogP contribution in [0.15, 0.2) is 70.7 Å². The Morgan fingerprint density at radius 2 is 1.90 bits per heavy atom. The van der Waals surface area contributed by atoms with Crippen molar-refractivity contribution < 1.29 is 28.2 Å². The molecule has 0 aliphatic carbocycles. The summed E-state index contributed by atoms with van der Waals surface area (Å²) >= 11 is 0. The molecule has 156 valence electrons. The molecule has 0 saturated heterocycles. The fourth-order valence-corrected chi connectivity index (χ4v) is 3.43. The lowest BCUT2D eigenvalue weighted by atomic mass is 9.83. The Kier molecular flexibility index (Phi) is 5.24. The number of furan rings is 1. The zero-order valence-electron chi connectivity index (χ0n) is 16.7. The smallest absolute Gasteiger partial charge is 0.379 e. The normalized spacial score (nSPS) is 14.8. The molecule has 0 fully saturated rings. The van der Waals surface area contributed by atoms with E-state index in [0.717, 1.165) is 5.56 Å². The molecule has 3 aromatic rings. The molecule has 1 atom stereocenters. The van der Waals surface area contributed by atoms with Gasteiger partial charge in [-0.15, -0.1) is 0 Å². The number of esters is 1. The van der Waals surface area contributed by atoms with E-state index in [1.165, 1.54) is 19.4 Å². The van der Waals surface area contributed by atoms with Crippen molar-refractivity contribution in [2.75, 3.05) is 14.2 Å². The molecule has 1 aliphatic heterocycles. The van der Waals surface area contributed by atoms with Gasteiger partial charge in [-0.25, -0.2) is 4.79 Å².